The summed E-state index contributed by atoms with van der Waals surface area (Å²) in [4.78, 5) is 4.61. The van der Waals surface area contributed by atoms with Crippen LogP contribution in [0.5, 0.6) is 5.75 Å². The molecule has 0 aliphatic carbocycles. The van der Waals surface area contributed by atoms with Gasteiger partial charge in [0.05, 0.1) is 12.7 Å². The summed E-state index contributed by atoms with van der Waals surface area (Å²) in [7, 11) is 4.24. The lowest BCUT2D eigenvalue weighted by Crippen LogP contribution is -2.33. The van der Waals surface area contributed by atoms with E-state index in [2.05, 4.69) is 23.9 Å². The Hall–Kier alpha value is -1.10. The first kappa shape index (κ1) is 15.3. The fourth-order valence-corrected chi connectivity index (χ4v) is 2.70. The summed E-state index contributed by atoms with van der Waals surface area (Å²) in [5.74, 6) is 0.859. The molecule has 1 N–H and O–H groups in total. The molecule has 2 atom stereocenters. The van der Waals surface area contributed by atoms with Crippen LogP contribution in [-0.4, -0.2) is 61.3 Å². The molecule has 0 bridgehead atoms. The van der Waals surface area contributed by atoms with Crippen LogP contribution in [0.25, 0.3) is 0 Å². The lowest BCUT2D eigenvalue weighted by Gasteiger charge is -2.22. The normalized spacial score (nSPS) is 21.4. The molecule has 0 saturated carbocycles. The van der Waals surface area contributed by atoms with Crippen molar-refractivity contribution in [3.05, 3.63) is 29.8 Å². The second kappa shape index (κ2) is 7.07. The van der Waals surface area contributed by atoms with Crippen LogP contribution in [-0.2, 0) is 0 Å². The van der Waals surface area contributed by atoms with Gasteiger partial charge in [-0.1, -0.05) is 12.1 Å². The van der Waals surface area contributed by atoms with Crippen LogP contribution in [0.1, 0.15) is 25.0 Å². The Bertz CT molecular complexity index is 405. The summed E-state index contributed by atoms with van der Waals surface area (Å²) < 4.78 is 5.42. The Morgan fingerprint density at radius 1 is 1.35 bits per heavy atom. The van der Waals surface area contributed by atoms with E-state index in [1.54, 1.807) is 0 Å². The Balaban J connectivity index is 1.87. The predicted octanol–water partition coefficient (Wildman–Crippen LogP) is 1.75. The number of aliphatic hydroxyl groups excluding tert-OH is 1. The predicted molar refractivity (Wildman–Crippen MR) is 81.1 cm³/mol. The first-order valence-corrected chi connectivity index (χ1v) is 7.39. The molecule has 0 aromatic heterocycles. The van der Waals surface area contributed by atoms with Crippen LogP contribution in [0.2, 0.25) is 0 Å². The first-order valence-electron chi connectivity index (χ1n) is 7.39. The maximum absolute atomic E-state index is 10.3. The van der Waals surface area contributed by atoms with Crippen molar-refractivity contribution in [1.29, 1.82) is 0 Å². The number of likely N-dealkylation sites (tertiary alicyclic amines) is 1. The molecule has 1 aliphatic heterocycles. The third-order valence-corrected chi connectivity index (χ3v) is 3.98. The van der Waals surface area contributed by atoms with E-state index in [1.165, 1.54) is 6.42 Å². The van der Waals surface area contributed by atoms with Gasteiger partial charge >= 0.3 is 0 Å². The molecule has 1 fully saturated rings. The molecule has 112 valence electrons. The fraction of sp³-hybridized carbons (Fsp3) is 0.625. The minimum Gasteiger partial charge on any atom is -0.494 e. The summed E-state index contributed by atoms with van der Waals surface area (Å²) in [5.41, 5.74) is 0.960. The number of nitrogens with zero attached hydrogens (tertiary/aromatic N) is 2. The van der Waals surface area contributed by atoms with Gasteiger partial charge in [-0.3, -0.25) is 4.90 Å². The van der Waals surface area contributed by atoms with Crippen molar-refractivity contribution in [2.45, 2.75) is 25.5 Å². The largest absolute Gasteiger partial charge is 0.494 e. The number of hydrogen-bond donors (Lipinski definition) is 1. The zero-order valence-electron chi connectivity index (χ0n) is 12.7. The molecule has 1 saturated heterocycles. The summed E-state index contributed by atoms with van der Waals surface area (Å²) in [6.07, 6.45) is 0.759. The van der Waals surface area contributed by atoms with Gasteiger partial charge in [0.15, 0.2) is 0 Å². The maximum atomic E-state index is 10.3. The van der Waals surface area contributed by atoms with Gasteiger partial charge in [-0.25, -0.2) is 0 Å². The monoisotopic (exact) mass is 278 g/mol. The Morgan fingerprint density at radius 3 is 2.60 bits per heavy atom. The molecule has 1 aromatic carbocycles. The standard InChI is InChI=1S/C16H26N2O2/c1-4-20-15-7-5-13(6-8-15)16(19)12-18-10-9-14(11-18)17(2)3/h5-8,14,16,19H,4,9-12H2,1-3H3. The van der Waals surface area contributed by atoms with E-state index in [9.17, 15) is 5.11 Å². The average Bonchev–Trinajstić information content (AvgIpc) is 2.88. The summed E-state index contributed by atoms with van der Waals surface area (Å²) in [6.45, 7) is 5.45. The topological polar surface area (TPSA) is 35.9 Å². The third-order valence-electron chi connectivity index (χ3n) is 3.98. The minimum absolute atomic E-state index is 0.424. The van der Waals surface area contributed by atoms with Crippen LogP contribution in [0.3, 0.4) is 0 Å². The number of β-amino-alcohol motifs (C(OH)–C–C–N with tert-alkyl or cyclic N) is 1. The molecule has 4 heteroatoms. The number of ether oxygens (including phenoxy) is 1. The molecule has 4 nitrogen and oxygen atoms in total. The zero-order chi connectivity index (χ0) is 14.5. The highest BCUT2D eigenvalue weighted by Gasteiger charge is 2.25. The number of likely N-dealkylation sites (N-methyl/N-ethyl adjacent to an activating group) is 1. The Morgan fingerprint density at radius 2 is 2.05 bits per heavy atom. The molecular formula is C16H26N2O2. The summed E-state index contributed by atoms with van der Waals surface area (Å²) >= 11 is 0. The Labute approximate surface area is 122 Å². The van der Waals surface area contributed by atoms with Crippen LogP contribution in [0.15, 0.2) is 24.3 Å². The molecule has 2 rings (SSSR count). The molecule has 0 spiro atoms. The van der Waals surface area contributed by atoms with E-state index in [1.807, 2.05) is 31.2 Å². The Kier molecular flexibility index (Phi) is 5.40. The van der Waals surface area contributed by atoms with Gasteiger partial charge in [0.1, 0.15) is 5.75 Å². The first-order chi connectivity index (χ1) is 9.60. The van der Waals surface area contributed by atoms with E-state index in [0.717, 1.165) is 24.4 Å². The highest BCUT2D eigenvalue weighted by atomic mass is 16.5. The van der Waals surface area contributed by atoms with Gasteiger partial charge in [0.2, 0.25) is 0 Å². The molecule has 1 aromatic rings. The van der Waals surface area contributed by atoms with Crippen LogP contribution >= 0.6 is 0 Å². The van der Waals surface area contributed by atoms with E-state index in [4.69, 9.17) is 4.74 Å². The van der Waals surface area contributed by atoms with Crippen LogP contribution in [0, 0.1) is 0 Å². The van der Waals surface area contributed by atoms with Crippen molar-refractivity contribution in [3.8, 4) is 5.75 Å². The molecule has 1 heterocycles. The van der Waals surface area contributed by atoms with Gasteiger partial charge in [-0.15, -0.1) is 0 Å². The van der Waals surface area contributed by atoms with Gasteiger partial charge in [-0.05, 0) is 51.7 Å². The van der Waals surface area contributed by atoms with Gasteiger partial charge < -0.3 is 14.7 Å². The second-order valence-corrected chi connectivity index (χ2v) is 5.68. The molecule has 1 aliphatic rings. The van der Waals surface area contributed by atoms with E-state index < -0.39 is 6.10 Å². The molecule has 2 unspecified atom stereocenters. The number of rotatable bonds is 6. The van der Waals surface area contributed by atoms with E-state index >= 15 is 0 Å². The van der Waals surface area contributed by atoms with Crippen LogP contribution in [0.4, 0.5) is 0 Å². The van der Waals surface area contributed by atoms with Crippen molar-refractivity contribution in [2.75, 3.05) is 40.3 Å². The minimum atomic E-state index is -0.424. The van der Waals surface area contributed by atoms with Gasteiger partial charge in [-0.2, -0.15) is 0 Å². The fourth-order valence-electron chi connectivity index (χ4n) is 2.70. The van der Waals surface area contributed by atoms with Crippen LogP contribution < -0.4 is 4.74 Å². The second-order valence-electron chi connectivity index (χ2n) is 5.68. The van der Waals surface area contributed by atoms with Gasteiger partial charge in [0, 0.05) is 19.1 Å². The SMILES string of the molecule is CCOc1ccc(C(O)CN2CCC(N(C)C)C2)cc1. The van der Waals surface area contributed by atoms with Crippen molar-refractivity contribution in [3.63, 3.8) is 0 Å². The van der Waals surface area contributed by atoms with E-state index in [-0.39, 0.29) is 0 Å². The smallest absolute Gasteiger partial charge is 0.119 e. The highest BCUT2D eigenvalue weighted by Crippen LogP contribution is 2.21. The zero-order valence-corrected chi connectivity index (χ0v) is 12.7. The quantitative estimate of drug-likeness (QED) is 0.860. The molecular weight excluding hydrogens is 252 g/mol. The molecule has 0 radical (unpaired) electrons. The number of hydrogen-bond acceptors (Lipinski definition) is 4. The van der Waals surface area contributed by atoms with E-state index in [0.29, 0.717) is 19.2 Å². The van der Waals surface area contributed by atoms with Crippen molar-refractivity contribution < 1.29 is 9.84 Å². The summed E-state index contributed by atoms with van der Waals surface area (Å²) in [5, 5.41) is 10.3. The lowest BCUT2D eigenvalue weighted by atomic mass is 10.1. The maximum Gasteiger partial charge on any atom is 0.119 e. The van der Waals surface area contributed by atoms with Gasteiger partial charge in [0.25, 0.3) is 0 Å². The molecule has 20 heavy (non-hydrogen) atoms. The van der Waals surface area contributed by atoms with Crippen molar-refractivity contribution >= 4 is 0 Å². The van der Waals surface area contributed by atoms with Crippen molar-refractivity contribution in [1.82, 2.24) is 9.80 Å². The highest BCUT2D eigenvalue weighted by molar-refractivity contribution is 5.28. The number of benzene rings is 1. The third kappa shape index (κ3) is 3.95. The molecule has 0 amide bonds. The lowest BCUT2D eigenvalue weighted by molar-refractivity contribution is 0.122. The summed E-state index contributed by atoms with van der Waals surface area (Å²) in [6, 6.07) is 8.37. The number of aliphatic hydroxyl groups is 1. The average molecular weight is 278 g/mol. The van der Waals surface area contributed by atoms with Crippen molar-refractivity contribution in [2.24, 2.45) is 0 Å².